The van der Waals surface area contributed by atoms with Gasteiger partial charge in [-0.15, -0.1) is 0 Å². The van der Waals surface area contributed by atoms with Crippen molar-refractivity contribution in [2.24, 2.45) is 0 Å². The van der Waals surface area contributed by atoms with E-state index in [0.717, 1.165) is 10.6 Å². The summed E-state index contributed by atoms with van der Waals surface area (Å²) in [6.07, 6.45) is -4.62. The van der Waals surface area contributed by atoms with E-state index >= 15 is 0 Å². The fraction of sp³-hybridized carbons (Fsp3) is 0.474. The number of amides is 1. The standard InChI is InChI=1S/C19H21F4N7O2/c1-9(2)25-18(31)32-12-4-3-10(16(12)20)11-7-14(29-28-11)27-17-24-6-5-15-26-13(8-30(15)17)19(21,22)23/h5-10,12,16H,3-4H2,1-2H3,(H,25,31)(H2,24,27,28,29)/t10-,12-,16+/m0/s1. The second-order valence-electron chi connectivity index (χ2n) is 7.83. The third-order valence-electron chi connectivity index (χ3n) is 5.08. The molecule has 1 amide bonds. The lowest BCUT2D eigenvalue weighted by molar-refractivity contribution is -0.140. The van der Waals surface area contributed by atoms with Crippen LogP contribution in [0.1, 0.15) is 44.0 Å². The molecule has 1 aliphatic carbocycles. The normalized spacial score (nSPS) is 21.3. The molecule has 13 heteroatoms. The molecule has 3 heterocycles. The number of ether oxygens (including phenoxy) is 1. The van der Waals surface area contributed by atoms with Crippen LogP contribution in [0.15, 0.2) is 24.5 Å². The molecule has 0 aromatic carbocycles. The zero-order chi connectivity index (χ0) is 23.0. The van der Waals surface area contributed by atoms with Crippen molar-refractivity contribution in [2.75, 3.05) is 5.32 Å². The number of nitrogens with zero attached hydrogens (tertiary/aromatic N) is 4. The number of imidazole rings is 1. The van der Waals surface area contributed by atoms with Crippen LogP contribution in [-0.2, 0) is 10.9 Å². The maximum Gasteiger partial charge on any atom is 0.434 e. The molecule has 4 rings (SSSR count). The van der Waals surface area contributed by atoms with Crippen molar-refractivity contribution in [3.05, 3.63) is 35.9 Å². The Morgan fingerprint density at radius 2 is 2.12 bits per heavy atom. The number of carbonyl (C=O) groups excluding carboxylic acids is 1. The summed E-state index contributed by atoms with van der Waals surface area (Å²) in [4.78, 5) is 19.3. The largest absolute Gasteiger partial charge is 0.443 e. The number of hydrogen-bond donors (Lipinski definition) is 3. The van der Waals surface area contributed by atoms with E-state index in [9.17, 15) is 22.4 Å². The number of nitrogens with one attached hydrogen (secondary N) is 3. The topological polar surface area (TPSA) is 109 Å². The van der Waals surface area contributed by atoms with Crippen molar-refractivity contribution < 1.29 is 27.1 Å². The second-order valence-corrected chi connectivity index (χ2v) is 7.83. The number of fused-ring (bicyclic) bond motifs is 1. The molecular weight excluding hydrogens is 434 g/mol. The second kappa shape index (κ2) is 8.28. The summed E-state index contributed by atoms with van der Waals surface area (Å²) in [6, 6.07) is 2.77. The molecule has 0 bridgehead atoms. The van der Waals surface area contributed by atoms with E-state index in [4.69, 9.17) is 4.74 Å². The Bertz CT molecular complexity index is 1110. The third-order valence-corrected chi connectivity index (χ3v) is 5.08. The van der Waals surface area contributed by atoms with E-state index in [0.29, 0.717) is 18.5 Å². The molecule has 3 atom stereocenters. The summed E-state index contributed by atoms with van der Waals surface area (Å²) in [5, 5.41) is 12.2. The van der Waals surface area contributed by atoms with Crippen molar-refractivity contribution >= 4 is 23.5 Å². The first-order chi connectivity index (χ1) is 15.1. The number of carbonyl (C=O) groups is 1. The number of rotatable bonds is 5. The van der Waals surface area contributed by atoms with Crippen molar-refractivity contribution in [1.29, 1.82) is 0 Å². The zero-order valence-electron chi connectivity index (χ0n) is 17.2. The van der Waals surface area contributed by atoms with Gasteiger partial charge in [-0.25, -0.2) is 19.2 Å². The van der Waals surface area contributed by atoms with Gasteiger partial charge in [-0.1, -0.05) is 0 Å². The Morgan fingerprint density at radius 1 is 1.34 bits per heavy atom. The van der Waals surface area contributed by atoms with Gasteiger partial charge in [0.1, 0.15) is 17.9 Å². The van der Waals surface area contributed by atoms with Gasteiger partial charge in [0, 0.05) is 36.1 Å². The van der Waals surface area contributed by atoms with Crippen molar-refractivity contribution in [2.45, 2.75) is 57.1 Å². The summed E-state index contributed by atoms with van der Waals surface area (Å²) in [6.45, 7) is 3.54. The molecule has 32 heavy (non-hydrogen) atoms. The van der Waals surface area contributed by atoms with E-state index in [-0.39, 0.29) is 23.5 Å². The molecule has 3 aromatic rings. The average molecular weight is 455 g/mol. The SMILES string of the molecule is CC(C)NC(=O)O[C@H]1CC[C@@H](c2cc(Nc3nccc4nc(C(F)(F)F)cn34)n[nH]2)[C@H]1F. The fourth-order valence-electron chi connectivity index (χ4n) is 3.63. The predicted molar refractivity (Wildman–Crippen MR) is 105 cm³/mol. The minimum Gasteiger partial charge on any atom is -0.443 e. The molecule has 1 saturated carbocycles. The summed E-state index contributed by atoms with van der Waals surface area (Å²) in [5.41, 5.74) is -0.510. The molecule has 1 aliphatic rings. The molecule has 3 N–H and O–H groups in total. The third kappa shape index (κ3) is 4.46. The van der Waals surface area contributed by atoms with Crippen LogP contribution in [0.3, 0.4) is 0 Å². The molecule has 0 aliphatic heterocycles. The van der Waals surface area contributed by atoms with Crippen LogP contribution in [0.5, 0.6) is 0 Å². The summed E-state index contributed by atoms with van der Waals surface area (Å²) >= 11 is 0. The number of halogens is 4. The van der Waals surface area contributed by atoms with Gasteiger partial charge >= 0.3 is 12.3 Å². The first-order valence-corrected chi connectivity index (χ1v) is 9.96. The molecule has 1 fully saturated rings. The number of hydrogen-bond acceptors (Lipinski definition) is 6. The Balaban J connectivity index is 1.47. The van der Waals surface area contributed by atoms with Crippen LogP contribution in [0, 0.1) is 0 Å². The molecule has 0 spiro atoms. The number of H-pyrrole nitrogens is 1. The number of alkyl halides is 4. The van der Waals surface area contributed by atoms with Gasteiger partial charge in [0.05, 0.1) is 0 Å². The maximum atomic E-state index is 14.9. The highest BCUT2D eigenvalue weighted by Gasteiger charge is 2.41. The molecule has 0 saturated heterocycles. The van der Waals surface area contributed by atoms with Gasteiger partial charge in [0.15, 0.2) is 11.5 Å². The maximum absolute atomic E-state index is 14.9. The monoisotopic (exact) mass is 455 g/mol. The number of alkyl carbamates (subject to hydrolysis) is 1. The van der Waals surface area contributed by atoms with E-state index in [2.05, 4.69) is 30.8 Å². The highest BCUT2D eigenvalue weighted by Crippen LogP contribution is 2.38. The number of aromatic nitrogens is 5. The van der Waals surface area contributed by atoms with Crippen LogP contribution in [-0.4, -0.2) is 49.0 Å². The minimum atomic E-state index is -4.59. The average Bonchev–Trinajstić information content (AvgIpc) is 3.40. The van der Waals surface area contributed by atoms with E-state index in [1.165, 1.54) is 12.3 Å². The molecule has 172 valence electrons. The molecule has 3 aromatic heterocycles. The number of anilines is 2. The number of aromatic amines is 1. The first-order valence-electron chi connectivity index (χ1n) is 9.96. The smallest absolute Gasteiger partial charge is 0.434 e. The van der Waals surface area contributed by atoms with Gasteiger partial charge in [0.2, 0.25) is 5.95 Å². The van der Waals surface area contributed by atoms with Gasteiger partial charge in [0.25, 0.3) is 0 Å². The Hall–Kier alpha value is -3.38. The van der Waals surface area contributed by atoms with Crippen LogP contribution >= 0.6 is 0 Å². The zero-order valence-corrected chi connectivity index (χ0v) is 17.2. The Kier molecular flexibility index (Phi) is 5.65. The van der Waals surface area contributed by atoms with Crippen molar-refractivity contribution in [1.82, 2.24) is 29.9 Å². The van der Waals surface area contributed by atoms with Gasteiger partial charge < -0.3 is 15.4 Å². The lowest BCUT2D eigenvalue weighted by Gasteiger charge is -2.18. The van der Waals surface area contributed by atoms with Gasteiger partial charge in [-0.2, -0.15) is 18.3 Å². The summed E-state index contributed by atoms with van der Waals surface area (Å²) in [7, 11) is 0. The summed E-state index contributed by atoms with van der Waals surface area (Å²) in [5.74, 6) is -0.251. The lowest BCUT2D eigenvalue weighted by Crippen LogP contribution is -2.36. The molecule has 0 unspecified atom stereocenters. The minimum absolute atomic E-state index is 0.0601. The lowest BCUT2D eigenvalue weighted by atomic mass is 10.0. The molecule has 0 radical (unpaired) electrons. The highest BCUT2D eigenvalue weighted by atomic mass is 19.4. The summed E-state index contributed by atoms with van der Waals surface area (Å²) < 4.78 is 60.1. The quantitative estimate of drug-likeness (QED) is 0.503. The molecule has 9 nitrogen and oxygen atoms in total. The van der Waals surface area contributed by atoms with Crippen LogP contribution in [0.25, 0.3) is 5.65 Å². The van der Waals surface area contributed by atoms with Crippen LogP contribution in [0.2, 0.25) is 0 Å². The van der Waals surface area contributed by atoms with Gasteiger partial charge in [-0.3, -0.25) is 9.50 Å². The predicted octanol–water partition coefficient (Wildman–Crippen LogP) is 3.93. The highest BCUT2D eigenvalue weighted by molar-refractivity contribution is 5.67. The van der Waals surface area contributed by atoms with Crippen molar-refractivity contribution in [3.63, 3.8) is 0 Å². The van der Waals surface area contributed by atoms with Gasteiger partial charge in [-0.05, 0) is 32.8 Å². The Morgan fingerprint density at radius 3 is 2.84 bits per heavy atom. The van der Waals surface area contributed by atoms with Crippen LogP contribution < -0.4 is 10.6 Å². The molecular formula is C19H21F4N7O2. The first kappa shape index (κ1) is 21.8. The van der Waals surface area contributed by atoms with E-state index in [1.54, 1.807) is 19.9 Å². The van der Waals surface area contributed by atoms with E-state index < -0.39 is 36.2 Å². The Labute approximate surface area is 179 Å². The van der Waals surface area contributed by atoms with Crippen molar-refractivity contribution in [3.8, 4) is 0 Å². The fourth-order valence-corrected chi connectivity index (χ4v) is 3.63. The van der Waals surface area contributed by atoms with Crippen LogP contribution in [0.4, 0.5) is 34.1 Å². The van der Waals surface area contributed by atoms with E-state index in [1.807, 2.05) is 0 Å².